The molecule has 1 saturated heterocycles. The summed E-state index contributed by atoms with van der Waals surface area (Å²) < 4.78 is 31.7. The Hall–Kier alpha value is -1.86. The van der Waals surface area contributed by atoms with Crippen molar-refractivity contribution in [1.82, 2.24) is 15.0 Å². The van der Waals surface area contributed by atoms with E-state index in [1.807, 2.05) is 4.90 Å². The van der Waals surface area contributed by atoms with E-state index in [0.717, 1.165) is 31.5 Å². The number of β-amino-alcohol motifs (C(OH)–C–C–N with tert-alkyl or cyclic N) is 1. The van der Waals surface area contributed by atoms with Gasteiger partial charge in [0, 0.05) is 25.1 Å². The highest BCUT2D eigenvalue weighted by molar-refractivity contribution is 5.21. The van der Waals surface area contributed by atoms with Crippen molar-refractivity contribution in [2.75, 3.05) is 13.1 Å². The Labute approximate surface area is 126 Å². The predicted octanol–water partition coefficient (Wildman–Crippen LogP) is 2.53. The van der Waals surface area contributed by atoms with Crippen LogP contribution in [0.1, 0.15) is 42.3 Å². The van der Waals surface area contributed by atoms with Crippen molar-refractivity contribution >= 4 is 0 Å². The molecule has 1 aliphatic rings. The van der Waals surface area contributed by atoms with Gasteiger partial charge in [-0.3, -0.25) is 4.90 Å². The van der Waals surface area contributed by atoms with E-state index >= 15 is 0 Å². The number of likely N-dealkylation sites (tertiary alicyclic amines) is 1. The number of aromatic nitrogens is 2. The van der Waals surface area contributed by atoms with E-state index in [1.165, 1.54) is 6.07 Å². The molecule has 22 heavy (non-hydrogen) atoms. The van der Waals surface area contributed by atoms with Crippen molar-refractivity contribution in [3.8, 4) is 0 Å². The quantitative estimate of drug-likeness (QED) is 0.940. The van der Waals surface area contributed by atoms with Crippen molar-refractivity contribution in [3.05, 3.63) is 47.1 Å². The first-order chi connectivity index (χ1) is 10.5. The van der Waals surface area contributed by atoms with Gasteiger partial charge >= 0.3 is 0 Å². The number of aryl methyl sites for hydroxylation is 1. The van der Waals surface area contributed by atoms with Crippen LogP contribution in [0.25, 0.3) is 0 Å². The predicted molar refractivity (Wildman–Crippen MR) is 73.9 cm³/mol. The second-order valence-corrected chi connectivity index (χ2v) is 5.51. The lowest BCUT2D eigenvalue weighted by atomic mass is 10.1. The van der Waals surface area contributed by atoms with Gasteiger partial charge in [0.2, 0.25) is 5.89 Å². The van der Waals surface area contributed by atoms with E-state index < -0.39 is 17.7 Å². The van der Waals surface area contributed by atoms with E-state index in [4.69, 9.17) is 4.52 Å². The molecule has 1 fully saturated rings. The van der Waals surface area contributed by atoms with E-state index in [9.17, 15) is 13.9 Å². The lowest BCUT2D eigenvalue weighted by Crippen LogP contribution is -2.29. The Bertz CT molecular complexity index is 662. The molecule has 2 atom stereocenters. The number of nitrogens with zero attached hydrogens (tertiary/aromatic N) is 3. The second-order valence-electron chi connectivity index (χ2n) is 5.51. The smallest absolute Gasteiger partial charge is 0.223 e. The van der Waals surface area contributed by atoms with Gasteiger partial charge in [0.1, 0.15) is 11.6 Å². The summed E-state index contributed by atoms with van der Waals surface area (Å²) in [5, 5.41) is 14.2. The summed E-state index contributed by atoms with van der Waals surface area (Å²) in [4.78, 5) is 6.23. The number of hydrogen-bond donors (Lipinski definition) is 1. The maximum absolute atomic E-state index is 13.7. The highest BCUT2D eigenvalue weighted by Crippen LogP contribution is 2.32. The fourth-order valence-corrected chi connectivity index (χ4v) is 2.88. The minimum atomic E-state index is -1.03. The van der Waals surface area contributed by atoms with Crippen LogP contribution in [0.3, 0.4) is 0 Å². The van der Waals surface area contributed by atoms with Crippen LogP contribution in [0.4, 0.5) is 8.78 Å². The summed E-state index contributed by atoms with van der Waals surface area (Å²) in [6.45, 7) is 2.72. The average molecular weight is 309 g/mol. The molecule has 0 amide bonds. The SMILES string of the molecule is Cc1nc(C2CCCN2CC(O)c2ccc(F)cc2F)no1. The summed E-state index contributed by atoms with van der Waals surface area (Å²) in [5.74, 6) is -0.317. The molecule has 0 aliphatic carbocycles. The molecule has 3 rings (SSSR count). The molecule has 1 aliphatic heterocycles. The lowest BCUT2D eigenvalue weighted by molar-refractivity contribution is 0.100. The van der Waals surface area contributed by atoms with E-state index in [-0.39, 0.29) is 18.2 Å². The van der Waals surface area contributed by atoms with Crippen LogP contribution >= 0.6 is 0 Å². The number of hydrogen-bond acceptors (Lipinski definition) is 5. The van der Waals surface area contributed by atoms with Gasteiger partial charge in [0.15, 0.2) is 5.82 Å². The molecule has 0 bridgehead atoms. The van der Waals surface area contributed by atoms with Crippen LogP contribution in [0.15, 0.2) is 22.7 Å². The topological polar surface area (TPSA) is 62.4 Å². The zero-order valence-electron chi connectivity index (χ0n) is 12.2. The molecule has 0 saturated carbocycles. The highest BCUT2D eigenvalue weighted by Gasteiger charge is 2.31. The fraction of sp³-hybridized carbons (Fsp3) is 0.467. The van der Waals surface area contributed by atoms with Crippen molar-refractivity contribution in [2.24, 2.45) is 0 Å². The molecular formula is C15H17F2N3O2. The number of aliphatic hydroxyl groups is 1. The monoisotopic (exact) mass is 309 g/mol. The molecule has 7 heteroatoms. The first kappa shape index (κ1) is 15.1. The van der Waals surface area contributed by atoms with Gasteiger partial charge in [-0.15, -0.1) is 0 Å². The van der Waals surface area contributed by atoms with Crippen LogP contribution in [0, 0.1) is 18.6 Å². The molecule has 1 aromatic carbocycles. The number of benzene rings is 1. The van der Waals surface area contributed by atoms with E-state index in [0.29, 0.717) is 11.7 Å². The van der Waals surface area contributed by atoms with Crippen LogP contribution in [0.5, 0.6) is 0 Å². The fourth-order valence-electron chi connectivity index (χ4n) is 2.88. The number of halogens is 2. The second kappa shape index (κ2) is 6.10. The van der Waals surface area contributed by atoms with Crippen LogP contribution < -0.4 is 0 Å². The third kappa shape index (κ3) is 3.00. The number of aliphatic hydroxyl groups excluding tert-OH is 1. The molecule has 118 valence electrons. The first-order valence-corrected chi connectivity index (χ1v) is 7.22. The Morgan fingerprint density at radius 3 is 2.95 bits per heavy atom. The van der Waals surface area contributed by atoms with Gasteiger partial charge < -0.3 is 9.63 Å². The summed E-state index contributed by atoms with van der Waals surface area (Å²) in [6, 6.07) is 3.16. The zero-order valence-corrected chi connectivity index (χ0v) is 12.2. The Morgan fingerprint density at radius 2 is 2.27 bits per heavy atom. The maximum atomic E-state index is 13.7. The lowest BCUT2D eigenvalue weighted by Gasteiger charge is -2.25. The maximum Gasteiger partial charge on any atom is 0.223 e. The Balaban J connectivity index is 1.73. The average Bonchev–Trinajstić information content (AvgIpc) is 3.07. The molecule has 2 heterocycles. The highest BCUT2D eigenvalue weighted by atomic mass is 19.1. The van der Waals surface area contributed by atoms with Crippen molar-refractivity contribution in [2.45, 2.75) is 31.9 Å². The summed E-state index contributed by atoms with van der Waals surface area (Å²) >= 11 is 0. The minimum absolute atomic E-state index is 0.0457. The third-order valence-electron chi connectivity index (χ3n) is 3.93. The first-order valence-electron chi connectivity index (χ1n) is 7.22. The molecule has 1 N–H and O–H groups in total. The van der Waals surface area contributed by atoms with Gasteiger partial charge in [0.25, 0.3) is 0 Å². The summed E-state index contributed by atoms with van der Waals surface area (Å²) in [5.41, 5.74) is 0.0938. The van der Waals surface area contributed by atoms with Gasteiger partial charge in [-0.1, -0.05) is 11.2 Å². The molecular weight excluding hydrogens is 292 g/mol. The van der Waals surface area contributed by atoms with Gasteiger partial charge in [-0.05, 0) is 25.5 Å². The molecule has 2 aromatic rings. The van der Waals surface area contributed by atoms with E-state index in [2.05, 4.69) is 10.1 Å². The molecule has 0 radical (unpaired) electrons. The standard InChI is InChI=1S/C15H17F2N3O2/c1-9-18-15(19-22-9)13-3-2-6-20(13)8-14(21)11-5-4-10(16)7-12(11)17/h4-5,7,13-14,21H,2-3,6,8H2,1H3. The molecule has 0 spiro atoms. The minimum Gasteiger partial charge on any atom is -0.387 e. The summed E-state index contributed by atoms with van der Waals surface area (Å²) in [7, 11) is 0. The van der Waals surface area contributed by atoms with Crippen molar-refractivity contribution in [3.63, 3.8) is 0 Å². The number of rotatable bonds is 4. The molecule has 5 nitrogen and oxygen atoms in total. The van der Waals surface area contributed by atoms with Gasteiger partial charge in [-0.25, -0.2) is 8.78 Å². The Kier molecular flexibility index (Phi) is 4.17. The van der Waals surface area contributed by atoms with Gasteiger partial charge in [-0.2, -0.15) is 4.98 Å². The Morgan fingerprint density at radius 1 is 1.45 bits per heavy atom. The summed E-state index contributed by atoms with van der Waals surface area (Å²) in [6.07, 6.45) is 0.767. The molecule has 2 unspecified atom stereocenters. The zero-order chi connectivity index (χ0) is 15.7. The normalized spacial score (nSPS) is 20.5. The van der Waals surface area contributed by atoms with Crippen LogP contribution in [0.2, 0.25) is 0 Å². The van der Waals surface area contributed by atoms with Crippen molar-refractivity contribution < 1.29 is 18.4 Å². The van der Waals surface area contributed by atoms with E-state index in [1.54, 1.807) is 6.92 Å². The largest absolute Gasteiger partial charge is 0.387 e. The molecule has 1 aromatic heterocycles. The van der Waals surface area contributed by atoms with Crippen LogP contribution in [-0.2, 0) is 0 Å². The van der Waals surface area contributed by atoms with Crippen molar-refractivity contribution in [1.29, 1.82) is 0 Å². The van der Waals surface area contributed by atoms with Crippen LogP contribution in [-0.4, -0.2) is 33.2 Å². The van der Waals surface area contributed by atoms with Gasteiger partial charge in [0.05, 0.1) is 12.1 Å². The third-order valence-corrected chi connectivity index (χ3v) is 3.93.